The molecule has 0 saturated heterocycles. The molecular formula is C17H14F3NO3. The molecule has 2 aromatic rings. The highest BCUT2D eigenvalue weighted by atomic mass is 19.4. The predicted octanol–water partition coefficient (Wildman–Crippen LogP) is 2.96. The molecule has 2 aromatic carbocycles. The molecule has 1 aliphatic rings. The molecule has 1 aliphatic heterocycles. The number of aliphatic hydroxyl groups excluding tert-OH is 1. The maximum atomic E-state index is 12.3. The van der Waals surface area contributed by atoms with E-state index in [1.165, 1.54) is 0 Å². The molecule has 0 spiro atoms. The van der Waals surface area contributed by atoms with Crippen molar-refractivity contribution < 1.29 is 27.8 Å². The van der Waals surface area contributed by atoms with Gasteiger partial charge in [-0.1, -0.05) is 36.4 Å². The fourth-order valence-corrected chi connectivity index (χ4v) is 2.78. The molecule has 0 saturated carbocycles. The van der Waals surface area contributed by atoms with Crippen LogP contribution in [0.25, 0.3) is 0 Å². The monoisotopic (exact) mass is 337 g/mol. The lowest BCUT2D eigenvalue weighted by Crippen LogP contribution is -2.42. The van der Waals surface area contributed by atoms with Gasteiger partial charge >= 0.3 is 12.1 Å². The molecular weight excluding hydrogens is 323 g/mol. The number of aliphatic hydroxyl groups is 1. The van der Waals surface area contributed by atoms with Crippen molar-refractivity contribution in [3.8, 4) is 11.5 Å². The van der Waals surface area contributed by atoms with Crippen molar-refractivity contribution in [1.82, 2.24) is 5.32 Å². The summed E-state index contributed by atoms with van der Waals surface area (Å²) in [6.45, 7) is -0.522. The average Bonchev–Trinajstić information content (AvgIpc) is 2.56. The number of para-hydroxylation sites is 2. The van der Waals surface area contributed by atoms with E-state index in [0.717, 1.165) is 0 Å². The van der Waals surface area contributed by atoms with Crippen molar-refractivity contribution in [2.24, 2.45) is 0 Å². The van der Waals surface area contributed by atoms with Crippen LogP contribution in [0.15, 0.2) is 48.5 Å². The minimum atomic E-state index is -4.98. The zero-order valence-electron chi connectivity index (χ0n) is 12.4. The zero-order valence-corrected chi connectivity index (χ0v) is 12.4. The van der Waals surface area contributed by atoms with Crippen LogP contribution in [0, 0.1) is 0 Å². The molecule has 126 valence electrons. The van der Waals surface area contributed by atoms with Crippen LogP contribution in [0.4, 0.5) is 13.2 Å². The Hall–Kier alpha value is -2.54. The molecule has 0 fully saturated rings. The Morgan fingerprint density at radius 1 is 1.08 bits per heavy atom. The first kappa shape index (κ1) is 16.3. The van der Waals surface area contributed by atoms with Crippen LogP contribution in [0.1, 0.15) is 17.0 Å². The highest BCUT2D eigenvalue weighted by Crippen LogP contribution is 2.45. The summed E-state index contributed by atoms with van der Waals surface area (Å²) in [7, 11) is 0. The van der Waals surface area contributed by atoms with E-state index >= 15 is 0 Å². The van der Waals surface area contributed by atoms with Gasteiger partial charge in [0.25, 0.3) is 0 Å². The van der Waals surface area contributed by atoms with Crippen LogP contribution >= 0.6 is 0 Å². The molecule has 0 bridgehead atoms. The van der Waals surface area contributed by atoms with Gasteiger partial charge in [0, 0.05) is 23.6 Å². The molecule has 2 N–H and O–H groups in total. The van der Waals surface area contributed by atoms with E-state index in [9.17, 15) is 23.1 Å². The highest BCUT2D eigenvalue weighted by Gasteiger charge is 2.39. The molecule has 0 radical (unpaired) electrons. The van der Waals surface area contributed by atoms with Gasteiger partial charge in [-0.3, -0.25) is 4.79 Å². The SMILES string of the molecule is O=C(NCC(O)C1c2ccccc2Oc2ccccc21)C(F)(F)F. The third-order valence-electron chi connectivity index (χ3n) is 3.84. The number of hydrogen-bond acceptors (Lipinski definition) is 3. The van der Waals surface area contributed by atoms with E-state index in [0.29, 0.717) is 22.6 Å². The molecule has 0 aliphatic carbocycles. The Morgan fingerprint density at radius 3 is 2.08 bits per heavy atom. The van der Waals surface area contributed by atoms with Gasteiger partial charge in [-0.25, -0.2) is 0 Å². The number of ether oxygens (including phenoxy) is 1. The second-order valence-electron chi connectivity index (χ2n) is 5.43. The van der Waals surface area contributed by atoms with Crippen LogP contribution in [0.5, 0.6) is 11.5 Å². The average molecular weight is 337 g/mol. The number of nitrogens with one attached hydrogen (secondary N) is 1. The van der Waals surface area contributed by atoms with Gasteiger partial charge in [0.1, 0.15) is 11.5 Å². The molecule has 0 aromatic heterocycles. The maximum absolute atomic E-state index is 12.3. The van der Waals surface area contributed by atoms with Gasteiger partial charge < -0.3 is 15.2 Å². The Kier molecular flexibility index (Phi) is 4.19. The largest absolute Gasteiger partial charge is 0.471 e. The van der Waals surface area contributed by atoms with Crippen LogP contribution in [0.3, 0.4) is 0 Å². The fourth-order valence-electron chi connectivity index (χ4n) is 2.78. The zero-order chi connectivity index (χ0) is 17.3. The van der Waals surface area contributed by atoms with E-state index < -0.39 is 30.7 Å². The van der Waals surface area contributed by atoms with Gasteiger partial charge in [-0.15, -0.1) is 0 Å². The number of benzene rings is 2. The lowest BCUT2D eigenvalue weighted by atomic mass is 9.84. The fraction of sp³-hybridized carbons (Fsp3) is 0.235. The number of hydrogen-bond donors (Lipinski definition) is 2. The predicted molar refractivity (Wildman–Crippen MR) is 79.9 cm³/mol. The summed E-state index contributed by atoms with van der Waals surface area (Å²) in [5, 5.41) is 12.2. The van der Waals surface area contributed by atoms with Gasteiger partial charge in [0.05, 0.1) is 6.10 Å². The number of amides is 1. The summed E-state index contributed by atoms with van der Waals surface area (Å²) in [4.78, 5) is 11.0. The summed E-state index contributed by atoms with van der Waals surface area (Å²) < 4.78 is 42.7. The summed E-state index contributed by atoms with van der Waals surface area (Å²) in [5.74, 6) is -1.61. The number of fused-ring (bicyclic) bond motifs is 2. The quantitative estimate of drug-likeness (QED) is 0.905. The Morgan fingerprint density at radius 2 is 1.58 bits per heavy atom. The van der Waals surface area contributed by atoms with E-state index in [1.807, 2.05) is 0 Å². The highest BCUT2D eigenvalue weighted by molar-refractivity contribution is 5.81. The topological polar surface area (TPSA) is 58.6 Å². The number of carbonyl (C=O) groups excluding carboxylic acids is 1. The maximum Gasteiger partial charge on any atom is 0.471 e. The summed E-state index contributed by atoms with van der Waals surface area (Å²) in [5.41, 5.74) is 1.31. The Bertz CT molecular complexity index is 715. The molecule has 1 amide bonds. The first-order valence-electron chi connectivity index (χ1n) is 7.26. The molecule has 1 heterocycles. The second-order valence-corrected chi connectivity index (χ2v) is 5.43. The van der Waals surface area contributed by atoms with E-state index in [2.05, 4.69) is 0 Å². The molecule has 7 heteroatoms. The Labute approximate surface area is 135 Å². The molecule has 3 rings (SSSR count). The molecule has 4 nitrogen and oxygen atoms in total. The number of alkyl halides is 3. The summed E-state index contributed by atoms with van der Waals surface area (Å²) in [6, 6.07) is 14.0. The molecule has 1 atom stereocenters. The third kappa shape index (κ3) is 3.07. The first-order chi connectivity index (χ1) is 11.4. The molecule has 1 unspecified atom stereocenters. The smallest absolute Gasteiger partial charge is 0.457 e. The Balaban J connectivity index is 1.88. The number of carbonyl (C=O) groups is 1. The van der Waals surface area contributed by atoms with E-state index in [-0.39, 0.29) is 0 Å². The minimum Gasteiger partial charge on any atom is -0.457 e. The first-order valence-corrected chi connectivity index (χ1v) is 7.26. The van der Waals surface area contributed by atoms with Gasteiger partial charge in [0.2, 0.25) is 0 Å². The van der Waals surface area contributed by atoms with Crippen molar-refractivity contribution in [2.45, 2.75) is 18.2 Å². The second kappa shape index (κ2) is 6.16. The van der Waals surface area contributed by atoms with Crippen molar-refractivity contribution in [3.63, 3.8) is 0 Å². The lowest BCUT2D eigenvalue weighted by Gasteiger charge is -2.31. The standard InChI is InChI=1S/C17H14F3NO3/c18-17(19,20)16(23)21-9-12(22)15-10-5-1-3-7-13(10)24-14-8-4-2-6-11(14)15/h1-8,12,15,22H,9H2,(H,21,23). The lowest BCUT2D eigenvalue weighted by molar-refractivity contribution is -0.174. The van der Waals surface area contributed by atoms with E-state index in [1.54, 1.807) is 53.8 Å². The van der Waals surface area contributed by atoms with Crippen LogP contribution < -0.4 is 10.1 Å². The van der Waals surface area contributed by atoms with Crippen molar-refractivity contribution in [2.75, 3.05) is 6.54 Å². The third-order valence-corrected chi connectivity index (χ3v) is 3.84. The minimum absolute atomic E-state index is 0.522. The van der Waals surface area contributed by atoms with Crippen molar-refractivity contribution in [1.29, 1.82) is 0 Å². The summed E-state index contributed by atoms with van der Waals surface area (Å²) >= 11 is 0. The normalized spacial score (nSPS) is 15.0. The number of rotatable bonds is 3. The van der Waals surface area contributed by atoms with Gasteiger partial charge in [-0.2, -0.15) is 13.2 Å². The van der Waals surface area contributed by atoms with Crippen LogP contribution in [-0.2, 0) is 4.79 Å². The van der Waals surface area contributed by atoms with Gasteiger partial charge in [-0.05, 0) is 12.1 Å². The van der Waals surface area contributed by atoms with Crippen molar-refractivity contribution in [3.05, 3.63) is 59.7 Å². The van der Waals surface area contributed by atoms with Gasteiger partial charge in [0.15, 0.2) is 0 Å². The van der Waals surface area contributed by atoms with Crippen molar-refractivity contribution >= 4 is 5.91 Å². The summed E-state index contributed by atoms with van der Waals surface area (Å²) in [6.07, 6.45) is -6.21. The molecule has 24 heavy (non-hydrogen) atoms. The number of halogens is 3. The van der Waals surface area contributed by atoms with E-state index in [4.69, 9.17) is 4.74 Å². The van der Waals surface area contributed by atoms with Crippen LogP contribution in [0.2, 0.25) is 0 Å². The van der Waals surface area contributed by atoms with Crippen LogP contribution in [-0.4, -0.2) is 29.8 Å².